The molecule has 1 aromatic carbocycles. The molecule has 0 aromatic heterocycles. The van der Waals surface area contributed by atoms with Gasteiger partial charge in [-0.3, -0.25) is 4.79 Å². The molecular formula is C17H22BF2NO3. The van der Waals surface area contributed by atoms with Gasteiger partial charge in [0.1, 0.15) is 12.0 Å². The fraction of sp³-hybridized carbons (Fsp3) is 0.588. The van der Waals surface area contributed by atoms with E-state index in [0.717, 1.165) is 0 Å². The number of carbonyl (C=O) groups is 1. The van der Waals surface area contributed by atoms with E-state index in [9.17, 15) is 13.6 Å². The minimum Gasteiger partial charge on any atom is -0.399 e. The van der Waals surface area contributed by atoms with Crippen LogP contribution in [0.2, 0.25) is 0 Å². The third-order valence-electron chi connectivity index (χ3n) is 5.17. The van der Waals surface area contributed by atoms with E-state index >= 15 is 0 Å². The number of hydrogen-bond donors (Lipinski definition) is 0. The van der Waals surface area contributed by atoms with E-state index in [1.54, 1.807) is 0 Å². The first-order valence-electron chi connectivity index (χ1n) is 8.19. The highest BCUT2D eigenvalue weighted by atomic mass is 19.1. The molecule has 1 aromatic rings. The zero-order valence-electron chi connectivity index (χ0n) is 14.4. The minimum absolute atomic E-state index is 0.0689. The van der Waals surface area contributed by atoms with E-state index in [4.69, 9.17) is 9.31 Å². The first kappa shape index (κ1) is 17.4. The molecule has 24 heavy (non-hydrogen) atoms. The Balaban J connectivity index is 1.80. The Morgan fingerprint density at radius 3 is 2.38 bits per heavy atom. The Labute approximate surface area is 141 Å². The number of alkyl halides is 1. The quantitative estimate of drug-likeness (QED) is 0.778. The summed E-state index contributed by atoms with van der Waals surface area (Å²) in [5.74, 6) is -0.912. The molecule has 2 fully saturated rings. The van der Waals surface area contributed by atoms with Crippen LogP contribution >= 0.6 is 0 Å². The van der Waals surface area contributed by atoms with Crippen molar-refractivity contribution in [1.82, 2.24) is 4.90 Å². The largest absolute Gasteiger partial charge is 0.497 e. The fourth-order valence-electron chi connectivity index (χ4n) is 2.91. The monoisotopic (exact) mass is 337 g/mol. The average molecular weight is 337 g/mol. The molecule has 2 heterocycles. The molecule has 1 atom stereocenters. The first-order valence-corrected chi connectivity index (χ1v) is 8.19. The Bertz CT molecular complexity index is 649. The van der Waals surface area contributed by atoms with Gasteiger partial charge in [0.15, 0.2) is 0 Å². The molecule has 0 N–H and O–H groups in total. The second kappa shape index (κ2) is 5.81. The van der Waals surface area contributed by atoms with E-state index in [2.05, 4.69) is 0 Å². The van der Waals surface area contributed by atoms with Gasteiger partial charge >= 0.3 is 7.12 Å². The maximum Gasteiger partial charge on any atom is 0.497 e. The van der Waals surface area contributed by atoms with Crippen LogP contribution in [0.4, 0.5) is 8.78 Å². The van der Waals surface area contributed by atoms with Crippen molar-refractivity contribution in [3.05, 3.63) is 29.6 Å². The molecule has 1 amide bonds. The smallest absolute Gasteiger partial charge is 0.399 e. The first-order chi connectivity index (χ1) is 11.1. The van der Waals surface area contributed by atoms with Crippen LogP contribution in [0.3, 0.4) is 0 Å². The van der Waals surface area contributed by atoms with Crippen molar-refractivity contribution in [2.45, 2.75) is 51.5 Å². The molecule has 0 unspecified atom stereocenters. The summed E-state index contributed by atoms with van der Waals surface area (Å²) in [7, 11) is -0.818. The van der Waals surface area contributed by atoms with Crippen molar-refractivity contribution < 1.29 is 22.9 Å². The second-order valence-electron chi connectivity index (χ2n) is 7.46. The second-order valence-corrected chi connectivity index (χ2v) is 7.46. The Morgan fingerprint density at radius 2 is 1.88 bits per heavy atom. The van der Waals surface area contributed by atoms with Crippen molar-refractivity contribution in [2.75, 3.05) is 13.1 Å². The molecule has 0 saturated carbocycles. The molecular weight excluding hydrogens is 315 g/mol. The zero-order valence-corrected chi connectivity index (χ0v) is 14.4. The van der Waals surface area contributed by atoms with Gasteiger partial charge in [0.25, 0.3) is 5.91 Å². The number of rotatable bonds is 2. The van der Waals surface area contributed by atoms with Crippen LogP contribution in [0, 0.1) is 5.82 Å². The van der Waals surface area contributed by atoms with Crippen molar-refractivity contribution >= 4 is 18.5 Å². The highest BCUT2D eigenvalue weighted by Gasteiger charge is 2.52. The molecule has 0 spiro atoms. The molecule has 4 nitrogen and oxygen atoms in total. The van der Waals surface area contributed by atoms with Gasteiger partial charge in [0.2, 0.25) is 0 Å². The highest BCUT2D eigenvalue weighted by molar-refractivity contribution is 6.62. The third kappa shape index (κ3) is 2.95. The summed E-state index contributed by atoms with van der Waals surface area (Å²) in [6.07, 6.45) is -0.664. The lowest BCUT2D eigenvalue weighted by molar-refractivity contribution is 0.00578. The number of nitrogens with zero attached hydrogens (tertiary/aromatic N) is 1. The van der Waals surface area contributed by atoms with Crippen LogP contribution in [-0.2, 0) is 9.31 Å². The lowest BCUT2D eigenvalue weighted by atomic mass is 9.78. The SMILES string of the molecule is CC1(C)OB(c2ccc(C(=O)N3CC[C@@H](F)C3)cc2F)OC1(C)C. The van der Waals surface area contributed by atoms with E-state index < -0.39 is 30.3 Å². The van der Waals surface area contributed by atoms with E-state index in [1.165, 1.54) is 23.1 Å². The maximum absolute atomic E-state index is 14.5. The van der Waals surface area contributed by atoms with E-state index in [0.29, 0.717) is 13.0 Å². The number of halogens is 2. The Hall–Kier alpha value is -1.47. The van der Waals surface area contributed by atoms with E-state index in [1.807, 2.05) is 27.7 Å². The van der Waals surface area contributed by atoms with Crippen molar-refractivity contribution in [1.29, 1.82) is 0 Å². The molecule has 2 aliphatic heterocycles. The summed E-state index contributed by atoms with van der Waals surface area (Å²) in [5, 5.41) is 0. The van der Waals surface area contributed by atoms with Crippen molar-refractivity contribution in [3.63, 3.8) is 0 Å². The lowest BCUT2D eigenvalue weighted by Crippen LogP contribution is -2.41. The van der Waals surface area contributed by atoms with Crippen LogP contribution in [0.1, 0.15) is 44.5 Å². The van der Waals surface area contributed by atoms with Crippen LogP contribution in [0.5, 0.6) is 0 Å². The van der Waals surface area contributed by atoms with Gasteiger partial charge in [-0.2, -0.15) is 0 Å². The minimum atomic E-state index is -0.997. The van der Waals surface area contributed by atoms with E-state index in [-0.39, 0.29) is 23.5 Å². The predicted octanol–water partition coefficient (Wildman–Crippen LogP) is 2.31. The number of hydrogen-bond acceptors (Lipinski definition) is 3. The molecule has 7 heteroatoms. The van der Waals surface area contributed by atoms with Gasteiger partial charge in [-0.25, -0.2) is 8.78 Å². The van der Waals surface area contributed by atoms with Crippen LogP contribution in [-0.4, -0.2) is 48.4 Å². The number of carbonyl (C=O) groups excluding carboxylic acids is 1. The number of amides is 1. The summed E-state index contributed by atoms with van der Waals surface area (Å²) in [6, 6.07) is 4.22. The molecule has 2 aliphatic rings. The summed E-state index contributed by atoms with van der Waals surface area (Å²) >= 11 is 0. The van der Waals surface area contributed by atoms with Gasteiger partial charge in [0.05, 0.1) is 17.7 Å². The molecule has 0 bridgehead atoms. The Kier molecular flexibility index (Phi) is 4.20. The lowest BCUT2D eigenvalue weighted by Gasteiger charge is -2.32. The van der Waals surface area contributed by atoms with Crippen LogP contribution < -0.4 is 5.46 Å². The maximum atomic E-state index is 14.5. The van der Waals surface area contributed by atoms with Crippen LogP contribution in [0.15, 0.2) is 18.2 Å². The van der Waals surface area contributed by atoms with Gasteiger partial charge in [-0.1, -0.05) is 6.07 Å². The molecule has 0 aliphatic carbocycles. The number of likely N-dealkylation sites (tertiary alicyclic amines) is 1. The normalized spacial score (nSPS) is 25.3. The summed E-state index contributed by atoms with van der Waals surface area (Å²) in [5.41, 5.74) is -0.661. The third-order valence-corrected chi connectivity index (χ3v) is 5.17. The summed E-state index contributed by atoms with van der Waals surface area (Å²) < 4.78 is 39.4. The summed E-state index contributed by atoms with van der Waals surface area (Å²) in [6.45, 7) is 8.00. The van der Waals surface area contributed by atoms with Crippen molar-refractivity contribution in [2.24, 2.45) is 0 Å². The molecule has 130 valence electrons. The molecule has 3 rings (SSSR count). The number of benzene rings is 1. The van der Waals surface area contributed by atoms with Gasteiger partial charge in [-0.05, 0) is 46.2 Å². The fourth-order valence-corrected chi connectivity index (χ4v) is 2.91. The van der Waals surface area contributed by atoms with Crippen molar-refractivity contribution in [3.8, 4) is 0 Å². The Morgan fingerprint density at radius 1 is 1.25 bits per heavy atom. The van der Waals surface area contributed by atoms with Gasteiger partial charge in [-0.15, -0.1) is 0 Å². The standard InChI is InChI=1S/C17H22BF2NO3/c1-16(2)17(3,4)24-18(23-16)13-6-5-11(9-14(13)20)15(22)21-8-7-12(19)10-21/h5-6,9,12H,7-8,10H2,1-4H3/t12-/m1/s1. The van der Waals surface area contributed by atoms with Gasteiger partial charge < -0.3 is 14.2 Å². The average Bonchev–Trinajstić information content (AvgIpc) is 2.99. The highest BCUT2D eigenvalue weighted by Crippen LogP contribution is 2.36. The zero-order chi connectivity index (χ0) is 17.7. The van der Waals surface area contributed by atoms with Crippen LogP contribution in [0.25, 0.3) is 0 Å². The summed E-state index contributed by atoms with van der Waals surface area (Å²) in [4.78, 5) is 13.7. The van der Waals surface area contributed by atoms with Gasteiger partial charge in [0, 0.05) is 17.6 Å². The molecule has 2 saturated heterocycles. The predicted molar refractivity (Wildman–Crippen MR) is 87.5 cm³/mol. The molecule has 0 radical (unpaired) electrons. The topological polar surface area (TPSA) is 38.8 Å².